The predicted molar refractivity (Wildman–Crippen MR) is 76.4 cm³/mol. The molecule has 0 saturated carbocycles. The summed E-state index contributed by atoms with van der Waals surface area (Å²) in [7, 11) is 1.58. The standard InChI is InChI=1S/C13H13NO3S2/c1-8-6-18-13(14-8)19-7-10-5-9(12(15)16)3-4-11(10)17-2/h3-6H,7H2,1-2H3,(H,15,16). The number of aryl methyl sites for hydroxylation is 1. The van der Waals surface area contributed by atoms with Gasteiger partial charge in [-0.15, -0.1) is 11.3 Å². The molecular weight excluding hydrogens is 282 g/mol. The van der Waals surface area contributed by atoms with Crippen LogP contribution in [-0.4, -0.2) is 23.2 Å². The number of thioether (sulfide) groups is 1. The van der Waals surface area contributed by atoms with Crippen molar-refractivity contribution in [1.82, 2.24) is 4.98 Å². The van der Waals surface area contributed by atoms with E-state index in [2.05, 4.69) is 4.98 Å². The smallest absolute Gasteiger partial charge is 0.335 e. The highest BCUT2D eigenvalue weighted by molar-refractivity contribution is 8.00. The summed E-state index contributed by atoms with van der Waals surface area (Å²) >= 11 is 3.17. The van der Waals surface area contributed by atoms with Crippen LogP contribution in [0.1, 0.15) is 21.6 Å². The molecule has 0 aliphatic carbocycles. The van der Waals surface area contributed by atoms with Crippen LogP contribution in [0.15, 0.2) is 27.9 Å². The van der Waals surface area contributed by atoms with Crippen molar-refractivity contribution in [2.75, 3.05) is 7.11 Å². The molecule has 100 valence electrons. The van der Waals surface area contributed by atoms with Crippen LogP contribution in [0.3, 0.4) is 0 Å². The summed E-state index contributed by atoms with van der Waals surface area (Å²) in [5.41, 5.74) is 2.13. The predicted octanol–water partition coefficient (Wildman–Crippen LogP) is 3.45. The van der Waals surface area contributed by atoms with Crippen molar-refractivity contribution < 1.29 is 14.6 Å². The van der Waals surface area contributed by atoms with Gasteiger partial charge in [0.25, 0.3) is 0 Å². The summed E-state index contributed by atoms with van der Waals surface area (Å²) in [5.74, 6) is 0.404. The van der Waals surface area contributed by atoms with Crippen molar-refractivity contribution in [3.8, 4) is 5.75 Å². The fourth-order valence-electron chi connectivity index (χ4n) is 1.56. The highest BCUT2D eigenvalue weighted by atomic mass is 32.2. The molecule has 1 N–H and O–H groups in total. The molecular formula is C13H13NO3S2. The number of carbonyl (C=O) groups is 1. The van der Waals surface area contributed by atoms with Gasteiger partial charge < -0.3 is 9.84 Å². The van der Waals surface area contributed by atoms with Gasteiger partial charge in [0.1, 0.15) is 10.1 Å². The largest absolute Gasteiger partial charge is 0.496 e. The molecule has 2 rings (SSSR count). The molecule has 0 atom stereocenters. The van der Waals surface area contributed by atoms with Crippen LogP contribution < -0.4 is 4.74 Å². The maximum absolute atomic E-state index is 11.0. The third-order valence-corrected chi connectivity index (χ3v) is 4.66. The number of ether oxygens (including phenoxy) is 1. The molecule has 0 aliphatic rings. The number of hydrogen-bond acceptors (Lipinski definition) is 5. The van der Waals surface area contributed by atoms with E-state index >= 15 is 0 Å². The number of carboxylic acid groups (broad SMARTS) is 1. The Labute approximate surface area is 119 Å². The number of carboxylic acids is 1. The lowest BCUT2D eigenvalue weighted by Gasteiger charge is -2.08. The zero-order valence-electron chi connectivity index (χ0n) is 10.5. The van der Waals surface area contributed by atoms with Gasteiger partial charge in [0.2, 0.25) is 0 Å². The molecule has 1 aromatic heterocycles. The van der Waals surface area contributed by atoms with Gasteiger partial charge in [0.05, 0.1) is 12.7 Å². The van der Waals surface area contributed by atoms with Gasteiger partial charge in [-0.1, -0.05) is 11.8 Å². The molecule has 6 heteroatoms. The quantitative estimate of drug-likeness (QED) is 0.856. The van der Waals surface area contributed by atoms with Gasteiger partial charge in [0.15, 0.2) is 0 Å². The van der Waals surface area contributed by atoms with Gasteiger partial charge in [-0.25, -0.2) is 9.78 Å². The first-order chi connectivity index (χ1) is 9.10. The Morgan fingerprint density at radius 3 is 2.89 bits per heavy atom. The van der Waals surface area contributed by atoms with E-state index in [1.165, 1.54) is 0 Å². The number of aromatic nitrogens is 1. The zero-order valence-corrected chi connectivity index (χ0v) is 12.2. The van der Waals surface area contributed by atoms with E-state index in [1.54, 1.807) is 48.4 Å². The topological polar surface area (TPSA) is 59.4 Å². The minimum Gasteiger partial charge on any atom is -0.496 e. The third-order valence-electron chi connectivity index (χ3n) is 2.48. The number of nitrogens with zero attached hydrogens (tertiary/aromatic N) is 1. The van der Waals surface area contributed by atoms with Crippen LogP contribution >= 0.6 is 23.1 Å². The minimum absolute atomic E-state index is 0.270. The Balaban J connectivity index is 2.17. The van der Waals surface area contributed by atoms with Crippen molar-refractivity contribution in [2.24, 2.45) is 0 Å². The minimum atomic E-state index is -0.931. The van der Waals surface area contributed by atoms with E-state index in [4.69, 9.17) is 9.84 Å². The fraction of sp³-hybridized carbons (Fsp3) is 0.231. The monoisotopic (exact) mass is 295 g/mol. The van der Waals surface area contributed by atoms with E-state index in [0.29, 0.717) is 11.5 Å². The maximum Gasteiger partial charge on any atom is 0.335 e. The Hall–Kier alpha value is -1.53. The van der Waals surface area contributed by atoms with E-state index in [9.17, 15) is 4.79 Å². The molecule has 1 aromatic carbocycles. The second-order valence-electron chi connectivity index (χ2n) is 3.88. The average Bonchev–Trinajstić information content (AvgIpc) is 2.81. The first-order valence-electron chi connectivity index (χ1n) is 5.55. The molecule has 0 bridgehead atoms. The highest BCUT2D eigenvalue weighted by Gasteiger charge is 2.10. The second kappa shape index (κ2) is 6.08. The van der Waals surface area contributed by atoms with Crippen molar-refractivity contribution in [1.29, 1.82) is 0 Å². The molecule has 4 nitrogen and oxygen atoms in total. The molecule has 0 radical (unpaired) electrons. The second-order valence-corrected chi connectivity index (χ2v) is 5.96. The van der Waals surface area contributed by atoms with Crippen LogP contribution in [0.4, 0.5) is 0 Å². The molecule has 0 fully saturated rings. The van der Waals surface area contributed by atoms with Crippen LogP contribution in [0.25, 0.3) is 0 Å². The normalized spacial score (nSPS) is 10.4. The number of aromatic carboxylic acids is 1. The van der Waals surface area contributed by atoms with Crippen LogP contribution in [0.2, 0.25) is 0 Å². The third kappa shape index (κ3) is 3.48. The highest BCUT2D eigenvalue weighted by Crippen LogP contribution is 2.30. The van der Waals surface area contributed by atoms with Gasteiger partial charge in [-0.3, -0.25) is 0 Å². The first-order valence-corrected chi connectivity index (χ1v) is 7.42. The average molecular weight is 295 g/mol. The van der Waals surface area contributed by atoms with Crippen molar-refractivity contribution in [3.63, 3.8) is 0 Å². The van der Waals surface area contributed by atoms with Crippen LogP contribution in [0.5, 0.6) is 5.75 Å². The summed E-state index contributed by atoms with van der Waals surface area (Å²) in [4.78, 5) is 15.3. The molecule has 0 saturated heterocycles. The number of benzene rings is 1. The molecule has 19 heavy (non-hydrogen) atoms. The Bertz CT molecular complexity index is 595. The lowest BCUT2D eigenvalue weighted by Crippen LogP contribution is -1.99. The van der Waals surface area contributed by atoms with Crippen molar-refractivity contribution >= 4 is 29.1 Å². The molecule has 0 spiro atoms. The van der Waals surface area contributed by atoms with Gasteiger partial charge >= 0.3 is 5.97 Å². The number of rotatable bonds is 5. The summed E-state index contributed by atoms with van der Waals surface area (Å²) in [6, 6.07) is 4.88. The van der Waals surface area contributed by atoms with Crippen molar-refractivity contribution in [3.05, 3.63) is 40.4 Å². The summed E-state index contributed by atoms with van der Waals surface area (Å²) < 4.78 is 6.22. The lowest BCUT2D eigenvalue weighted by molar-refractivity contribution is 0.0696. The zero-order chi connectivity index (χ0) is 13.8. The number of thiazole rings is 1. The fourth-order valence-corrected chi connectivity index (χ4v) is 3.39. The first kappa shape index (κ1) is 13.9. The molecule has 0 aliphatic heterocycles. The van der Waals surface area contributed by atoms with E-state index < -0.39 is 5.97 Å². The van der Waals surface area contributed by atoms with Crippen LogP contribution in [0, 0.1) is 6.92 Å². The van der Waals surface area contributed by atoms with E-state index in [0.717, 1.165) is 15.6 Å². The van der Waals surface area contributed by atoms with Crippen molar-refractivity contribution in [2.45, 2.75) is 17.0 Å². The summed E-state index contributed by atoms with van der Waals surface area (Å²) in [6.45, 7) is 1.95. The summed E-state index contributed by atoms with van der Waals surface area (Å²) in [6.07, 6.45) is 0. The Kier molecular flexibility index (Phi) is 4.44. The molecule has 2 aromatic rings. The Morgan fingerprint density at radius 2 is 2.32 bits per heavy atom. The van der Waals surface area contributed by atoms with E-state index in [-0.39, 0.29) is 5.56 Å². The SMILES string of the molecule is COc1ccc(C(=O)O)cc1CSc1nc(C)cs1. The maximum atomic E-state index is 11.0. The Morgan fingerprint density at radius 1 is 1.53 bits per heavy atom. The molecule has 0 unspecified atom stereocenters. The van der Waals surface area contributed by atoms with Gasteiger partial charge in [0, 0.05) is 22.4 Å². The number of hydrogen-bond donors (Lipinski definition) is 1. The van der Waals surface area contributed by atoms with Gasteiger partial charge in [-0.05, 0) is 25.1 Å². The lowest BCUT2D eigenvalue weighted by atomic mass is 10.1. The molecule has 0 amide bonds. The summed E-state index contributed by atoms with van der Waals surface area (Å²) in [5, 5.41) is 11.0. The van der Waals surface area contributed by atoms with Crippen LogP contribution in [-0.2, 0) is 5.75 Å². The number of methoxy groups -OCH3 is 1. The van der Waals surface area contributed by atoms with E-state index in [1.807, 2.05) is 12.3 Å². The van der Waals surface area contributed by atoms with Gasteiger partial charge in [-0.2, -0.15) is 0 Å². The molecule has 1 heterocycles.